The van der Waals surface area contributed by atoms with E-state index in [1.807, 2.05) is 0 Å². The smallest absolute Gasteiger partial charge is 0.345 e. The van der Waals surface area contributed by atoms with Crippen LogP contribution in [0.2, 0.25) is 0 Å². The van der Waals surface area contributed by atoms with E-state index >= 15 is 0 Å². The third-order valence-corrected chi connectivity index (χ3v) is 5.04. The van der Waals surface area contributed by atoms with Gasteiger partial charge in [0, 0.05) is 23.7 Å². The molecule has 0 fully saturated rings. The van der Waals surface area contributed by atoms with Crippen LogP contribution < -0.4 is 9.46 Å². The summed E-state index contributed by atoms with van der Waals surface area (Å²) in [6.07, 6.45) is 1.54. The number of thiophene rings is 1. The van der Waals surface area contributed by atoms with Crippen LogP contribution in [0.4, 0.5) is 0 Å². The molecule has 7 nitrogen and oxygen atoms in total. The first kappa shape index (κ1) is 15.4. The molecule has 0 aliphatic heterocycles. The zero-order chi connectivity index (χ0) is 15.5. The van der Waals surface area contributed by atoms with Crippen molar-refractivity contribution < 1.29 is 23.1 Å². The summed E-state index contributed by atoms with van der Waals surface area (Å²) in [6, 6.07) is 4.47. The van der Waals surface area contributed by atoms with Gasteiger partial charge in [-0.2, -0.15) is 0 Å². The highest BCUT2D eigenvalue weighted by atomic mass is 32.2. The van der Waals surface area contributed by atoms with Gasteiger partial charge in [-0.05, 0) is 12.1 Å². The van der Waals surface area contributed by atoms with Crippen LogP contribution in [0, 0.1) is 0 Å². The molecule has 2 N–H and O–H groups in total. The molecule has 9 heteroatoms. The highest BCUT2D eigenvalue weighted by Crippen LogP contribution is 2.20. The maximum Gasteiger partial charge on any atom is 0.345 e. The lowest BCUT2D eigenvalue weighted by Gasteiger charge is -2.08. The molecule has 0 bridgehead atoms. The van der Waals surface area contributed by atoms with E-state index in [0.29, 0.717) is 11.4 Å². The van der Waals surface area contributed by atoms with Crippen LogP contribution in [-0.4, -0.2) is 31.6 Å². The van der Waals surface area contributed by atoms with Gasteiger partial charge >= 0.3 is 5.97 Å². The summed E-state index contributed by atoms with van der Waals surface area (Å²) in [5.41, 5.74) is 0.581. The minimum Gasteiger partial charge on any atom is -0.481 e. The lowest BCUT2D eigenvalue weighted by Crippen LogP contribution is -2.23. The number of sulfonamides is 1. The van der Waals surface area contributed by atoms with Crippen LogP contribution in [0.5, 0.6) is 5.88 Å². The molecular weight excluding hydrogens is 316 g/mol. The second kappa shape index (κ2) is 6.20. The first-order valence-corrected chi connectivity index (χ1v) is 8.09. The fourth-order valence-electron chi connectivity index (χ4n) is 1.57. The van der Waals surface area contributed by atoms with Crippen molar-refractivity contribution in [2.45, 2.75) is 11.4 Å². The number of aromatic carboxylic acids is 1. The van der Waals surface area contributed by atoms with Gasteiger partial charge in [-0.15, -0.1) is 11.3 Å². The van der Waals surface area contributed by atoms with E-state index in [1.54, 1.807) is 12.1 Å². The van der Waals surface area contributed by atoms with E-state index in [2.05, 4.69) is 9.71 Å². The summed E-state index contributed by atoms with van der Waals surface area (Å²) in [6.45, 7) is -0.00238. The monoisotopic (exact) mass is 328 g/mol. The third kappa shape index (κ3) is 3.57. The van der Waals surface area contributed by atoms with Crippen LogP contribution >= 0.6 is 11.3 Å². The van der Waals surface area contributed by atoms with Gasteiger partial charge < -0.3 is 9.84 Å². The first-order valence-electron chi connectivity index (χ1n) is 5.73. The SMILES string of the molecule is COc1ncccc1CNS(=O)(=O)c1csc(C(=O)O)c1. The molecule has 2 heterocycles. The minimum atomic E-state index is -3.78. The number of carboxylic acids is 1. The Morgan fingerprint density at radius 1 is 1.52 bits per heavy atom. The van der Waals surface area contributed by atoms with Crippen molar-refractivity contribution in [1.82, 2.24) is 9.71 Å². The lowest BCUT2D eigenvalue weighted by atomic mass is 10.3. The number of hydrogen-bond acceptors (Lipinski definition) is 6. The molecule has 0 radical (unpaired) electrons. The number of ether oxygens (including phenoxy) is 1. The molecule has 0 saturated heterocycles. The van der Waals surface area contributed by atoms with Gasteiger partial charge in [-0.3, -0.25) is 0 Å². The van der Waals surface area contributed by atoms with E-state index in [4.69, 9.17) is 9.84 Å². The molecule has 0 aliphatic carbocycles. The summed E-state index contributed by atoms with van der Waals surface area (Å²) in [5, 5.41) is 10.1. The second-order valence-electron chi connectivity index (χ2n) is 3.95. The first-order chi connectivity index (χ1) is 9.94. The van der Waals surface area contributed by atoms with Gasteiger partial charge in [-0.1, -0.05) is 6.07 Å². The maximum absolute atomic E-state index is 12.1. The summed E-state index contributed by atoms with van der Waals surface area (Å²) >= 11 is 0.858. The normalized spacial score (nSPS) is 11.3. The molecule has 112 valence electrons. The number of pyridine rings is 1. The predicted molar refractivity (Wildman–Crippen MR) is 76.1 cm³/mol. The zero-order valence-corrected chi connectivity index (χ0v) is 12.6. The van der Waals surface area contributed by atoms with Crippen LogP contribution in [0.15, 0.2) is 34.7 Å². The van der Waals surface area contributed by atoms with Gasteiger partial charge in [0.2, 0.25) is 15.9 Å². The minimum absolute atomic E-state index is 0.00238. The third-order valence-electron chi connectivity index (χ3n) is 2.59. The zero-order valence-electron chi connectivity index (χ0n) is 10.9. The predicted octanol–water partition coefficient (Wildman–Crippen LogP) is 1.33. The number of aromatic nitrogens is 1. The summed E-state index contributed by atoms with van der Waals surface area (Å²) < 4.78 is 31.6. The Morgan fingerprint density at radius 2 is 2.29 bits per heavy atom. The number of hydrogen-bond donors (Lipinski definition) is 2. The molecule has 0 amide bonds. The fourth-order valence-corrected chi connectivity index (χ4v) is 3.69. The lowest BCUT2D eigenvalue weighted by molar-refractivity contribution is 0.0702. The Hall–Kier alpha value is -1.97. The molecule has 0 aromatic carbocycles. The Labute approximate surface area is 125 Å². The molecule has 0 atom stereocenters. The van der Waals surface area contributed by atoms with Crippen molar-refractivity contribution in [3.05, 3.63) is 40.2 Å². The van der Waals surface area contributed by atoms with Crippen molar-refractivity contribution >= 4 is 27.3 Å². The Bertz CT molecular complexity index is 755. The molecule has 2 aromatic heterocycles. The van der Waals surface area contributed by atoms with Crippen LogP contribution in [0.25, 0.3) is 0 Å². The Kier molecular flexibility index (Phi) is 4.56. The van der Waals surface area contributed by atoms with Crippen LogP contribution in [0.1, 0.15) is 15.2 Å². The number of carbonyl (C=O) groups is 1. The maximum atomic E-state index is 12.1. The van der Waals surface area contributed by atoms with E-state index in [1.165, 1.54) is 18.7 Å². The summed E-state index contributed by atoms with van der Waals surface area (Å²) in [7, 11) is -2.34. The van der Waals surface area contributed by atoms with Gasteiger partial charge in [0.15, 0.2) is 0 Å². The number of nitrogens with zero attached hydrogens (tertiary/aromatic N) is 1. The topological polar surface area (TPSA) is 106 Å². The average Bonchev–Trinajstić information content (AvgIpc) is 2.96. The van der Waals surface area contributed by atoms with Crippen molar-refractivity contribution in [2.24, 2.45) is 0 Å². The van der Waals surface area contributed by atoms with E-state index < -0.39 is 16.0 Å². The van der Waals surface area contributed by atoms with Crippen molar-refractivity contribution in [3.8, 4) is 5.88 Å². The van der Waals surface area contributed by atoms with E-state index in [0.717, 1.165) is 17.4 Å². The van der Waals surface area contributed by atoms with E-state index in [-0.39, 0.29) is 16.3 Å². The summed E-state index contributed by atoms with van der Waals surface area (Å²) in [5.74, 6) is -0.827. The molecule has 2 rings (SSSR count). The highest BCUT2D eigenvalue weighted by molar-refractivity contribution is 7.89. The molecule has 0 unspecified atom stereocenters. The van der Waals surface area contributed by atoms with Gasteiger partial charge in [0.05, 0.1) is 12.0 Å². The van der Waals surface area contributed by atoms with Crippen molar-refractivity contribution in [1.29, 1.82) is 0 Å². The van der Waals surface area contributed by atoms with E-state index in [9.17, 15) is 13.2 Å². The van der Waals surface area contributed by atoms with Crippen molar-refractivity contribution in [3.63, 3.8) is 0 Å². The van der Waals surface area contributed by atoms with Gasteiger partial charge in [0.1, 0.15) is 4.88 Å². The van der Waals surface area contributed by atoms with Crippen molar-refractivity contribution in [2.75, 3.05) is 7.11 Å². The molecule has 0 spiro atoms. The number of carboxylic acid groups (broad SMARTS) is 1. The van der Waals surface area contributed by atoms with Crippen LogP contribution in [-0.2, 0) is 16.6 Å². The Balaban J connectivity index is 2.16. The molecule has 21 heavy (non-hydrogen) atoms. The number of rotatable bonds is 6. The summed E-state index contributed by atoms with van der Waals surface area (Å²) in [4.78, 5) is 14.6. The standard InChI is InChI=1S/C12H12N2O5S2/c1-19-11-8(3-2-4-13-11)6-14-21(17,18)9-5-10(12(15)16)20-7-9/h2-5,7,14H,6H2,1H3,(H,15,16). The average molecular weight is 328 g/mol. The van der Waals surface area contributed by atoms with Gasteiger partial charge in [-0.25, -0.2) is 22.9 Å². The number of nitrogens with one attached hydrogen (secondary N) is 1. The molecule has 2 aromatic rings. The molecule has 0 aliphatic rings. The number of methoxy groups -OCH3 is 1. The van der Waals surface area contributed by atoms with Crippen LogP contribution in [0.3, 0.4) is 0 Å². The Morgan fingerprint density at radius 3 is 2.90 bits per heavy atom. The second-order valence-corrected chi connectivity index (χ2v) is 6.63. The molecule has 0 saturated carbocycles. The van der Waals surface area contributed by atoms with Gasteiger partial charge in [0.25, 0.3) is 0 Å². The fraction of sp³-hybridized carbons (Fsp3) is 0.167. The highest BCUT2D eigenvalue weighted by Gasteiger charge is 2.19. The quantitative estimate of drug-likeness (QED) is 0.828. The molecular formula is C12H12N2O5S2. The largest absolute Gasteiger partial charge is 0.481 e.